The molecule has 0 aliphatic carbocycles. The van der Waals surface area contributed by atoms with Crippen LogP contribution >= 0.6 is 0 Å². The second-order valence-electron chi connectivity index (χ2n) is 5.85. The highest BCUT2D eigenvalue weighted by atomic mass is 16.7. The molecule has 4 rings (SSSR count). The predicted octanol–water partition coefficient (Wildman–Crippen LogP) is 1.60. The fourth-order valence-corrected chi connectivity index (χ4v) is 3.11. The first-order chi connectivity index (χ1) is 10.6. The molecule has 0 radical (unpaired) electrons. The normalized spacial score (nSPS) is 20.4. The number of ether oxygens (including phenoxy) is 2. The quantitative estimate of drug-likeness (QED) is 0.866. The fraction of sp³-hybridized carbons (Fsp3) is 0.375. The highest BCUT2D eigenvalue weighted by Gasteiger charge is 2.25. The number of hydrogen-bond acceptors (Lipinski definition) is 5. The number of nitrogens with one attached hydrogen (secondary N) is 1. The third kappa shape index (κ3) is 2.11. The van der Waals surface area contributed by atoms with E-state index in [2.05, 4.69) is 15.2 Å². The van der Waals surface area contributed by atoms with Crippen molar-refractivity contribution in [3.8, 4) is 11.5 Å². The molecule has 0 spiro atoms. The first-order valence-corrected chi connectivity index (χ1v) is 7.35. The van der Waals surface area contributed by atoms with Gasteiger partial charge in [0.1, 0.15) is 0 Å². The second-order valence-corrected chi connectivity index (χ2v) is 5.85. The molecular formula is C16H17N3O3. The predicted molar refractivity (Wildman–Crippen MR) is 82.4 cm³/mol. The van der Waals surface area contributed by atoms with Gasteiger partial charge in [-0.05, 0) is 26.0 Å². The van der Waals surface area contributed by atoms with Crippen LogP contribution in [-0.2, 0) is 4.79 Å². The smallest absolute Gasteiger partial charge is 0.239 e. The zero-order valence-electron chi connectivity index (χ0n) is 12.5. The molecule has 22 heavy (non-hydrogen) atoms. The first-order valence-electron chi connectivity index (χ1n) is 7.35. The van der Waals surface area contributed by atoms with Crippen LogP contribution in [0.3, 0.4) is 0 Å². The van der Waals surface area contributed by atoms with E-state index >= 15 is 0 Å². The van der Waals surface area contributed by atoms with Crippen LogP contribution in [-0.4, -0.2) is 36.8 Å². The zero-order valence-corrected chi connectivity index (χ0v) is 12.5. The first kappa shape index (κ1) is 13.2. The van der Waals surface area contributed by atoms with Gasteiger partial charge in [-0.15, -0.1) is 0 Å². The number of benzene rings is 1. The van der Waals surface area contributed by atoms with Gasteiger partial charge in [0, 0.05) is 35.4 Å². The minimum atomic E-state index is 0.0436. The van der Waals surface area contributed by atoms with Gasteiger partial charge in [-0.3, -0.25) is 9.78 Å². The molecule has 0 saturated carbocycles. The van der Waals surface area contributed by atoms with E-state index in [9.17, 15) is 4.79 Å². The molecule has 6 nitrogen and oxygen atoms in total. The number of carbonyl (C=O) groups excluding carboxylic acids is 1. The Labute approximate surface area is 128 Å². The van der Waals surface area contributed by atoms with E-state index in [-0.39, 0.29) is 18.7 Å². The Morgan fingerprint density at radius 1 is 1.27 bits per heavy atom. The minimum Gasteiger partial charge on any atom is -0.454 e. The molecule has 1 fully saturated rings. The van der Waals surface area contributed by atoms with Gasteiger partial charge >= 0.3 is 0 Å². The van der Waals surface area contributed by atoms with Crippen molar-refractivity contribution in [2.45, 2.75) is 19.9 Å². The molecule has 0 bridgehead atoms. The van der Waals surface area contributed by atoms with Crippen molar-refractivity contribution in [1.29, 1.82) is 0 Å². The molecule has 1 aromatic carbocycles. The number of aryl methyl sites for hydroxylation is 1. The molecular weight excluding hydrogens is 282 g/mol. The zero-order chi connectivity index (χ0) is 15.3. The molecule has 1 atom stereocenters. The van der Waals surface area contributed by atoms with E-state index in [4.69, 9.17) is 9.47 Å². The summed E-state index contributed by atoms with van der Waals surface area (Å²) in [5, 5.41) is 3.93. The molecule has 1 amide bonds. The number of hydrogen-bond donors (Lipinski definition) is 1. The Bertz CT molecular complexity index is 775. The average Bonchev–Trinajstić information content (AvgIpc) is 2.90. The van der Waals surface area contributed by atoms with Gasteiger partial charge in [0.05, 0.1) is 12.1 Å². The Kier molecular flexibility index (Phi) is 2.85. The van der Waals surface area contributed by atoms with Crippen LogP contribution in [0.5, 0.6) is 11.5 Å². The number of pyridine rings is 1. The summed E-state index contributed by atoms with van der Waals surface area (Å²) in [7, 11) is 0. The number of aromatic nitrogens is 1. The number of amides is 1. The van der Waals surface area contributed by atoms with Gasteiger partial charge in [-0.2, -0.15) is 0 Å². The third-order valence-corrected chi connectivity index (χ3v) is 3.99. The maximum Gasteiger partial charge on any atom is 0.239 e. The lowest BCUT2D eigenvalue weighted by Gasteiger charge is -2.33. The molecule has 1 aromatic heterocycles. The summed E-state index contributed by atoms with van der Waals surface area (Å²) in [6.45, 7) is 5.34. The van der Waals surface area contributed by atoms with Crippen LogP contribution < -0.4 is 19.7 Å². The van der Waals surface area contributed by atoms with Crippen molar-refractivity contribution in [2.75, 3.05) is 24.8 Å². The Morgan fingerprint density at radius 2 is 2.05 bits per heavy atom. The summed E-state index contributed by atoms with van der Waals surface area (Å²) < 4.78 is 10.9. The molecule has 2 aliphatic heterocycles. The Morgan fingerprint density at radius 3 is 2.82 bits per heavy atom. The minimum absolute atomic E-state index is 0.0436. The van der Waals surface area contributed by atoms with E-state index in [1.54, 1.807) is 0 Å². The van der Waals surface area contributed by atoms with Crippen molar-refractivity contribution < 1.29 is 14.3 Å². The van der Waals surface area contributed by atoms with E-state index in [1.165, 1.54) is 0 Å². The number of fused-ring (bicyclic) bond motifs is 2. The topological polar surface area (TPSA) is 63.7 Å². The van der Waals surface area contributed by atoms with E-state index < -0.39 is 0 Å². The van der Waals surface area contributed by atoms with Crippen LogP contribution in [0.1, 0.15) is 12.6 Å². The molecule has 6 heteroatoms. The largest absolute Gasteiger partial charge is 0.454 e. The SMILES string of the molecule is Cc1cc(N2CC(=O)N[C@@H](C)C2)c2cc3c(cc2n1)OCO3. The second kappa shape index (κ2) is 4.76. The van der Waals surface area contributed by atoms with Crippen molar-refractivity contribution in [3.63, 3.8) is 0 Å². The van der Waals surface area contributed by atoms with Gasteiger partial charge in [-0.25, -0.2) is 0 Å². The van der Waals surface area contributed by atoms with Crippen molar-refractivity contribution in [1.82, 2.24) is 10.3 Å². The molecule has 0 unspecified atom stereocenters. The van der Waals surface area contributed by atoms with Crippen LogP contribution in [0.25, 0.3) is 10.9 Å². The van der Waals surface area contributed by atoms with Crippen LogP contribution in [0.2, 0.25) is 0 Å². The van der Waals surface area contributed by atoms with Crippen LogP contribution in [0.15, 0.2) is 18.2 Å². The summed E-state index contributed by atoms with van der Waals surface area (Å²) in [4.78, 5) is 18.5. The van der Waals surface area contributed by atoms with E-state index in [1.807, 2.05) is 32.0 Å². The Hall–Kier alpha value is -2.50. The fourth-order valence-electron chi connectivity index (χ4n) is 3.11. The average molecular weight is 299 g/mol. The van der Waals surface area contributed by atoms with Crippen LogP contribution in [0.4, 0.5) is 5.69 Å². The summed E-state index contributed by atoms with van der Waals surface area (Å²) in [6.07, 6.45) is 0. The summed E-state index contributed by atoms with van der Waals surface area (Å²) in [5.74, 6) is 1.50. The Balaban J connectivity index is 1.87. The van der Waals surface area contributed by atoms with Gasteiger partial charge in [0.25, 0.3) is 0 Å². The molecule has 1 saturated heterocycles. The standard InChI is InChI=1S/C16H17N3O3/c1-9-3-13(19-6-10(2)18-16(20)7-19)11-4-14-15(22-8-21-14)5-12(11)17-9/h3-5,10H,6-8H2,1-2H3,(H,18,20)/t10-/m0/s1. The lowest BCUT2D eigenvalue weighted by atomic mass is 10.1. The molecule has 2 aromatic rings. The van der Waals surface area contributed by atoms with Crippen molar-refractivity contribution in [3.05, 3.63) is 23.9 Å². The maximum atomic E-state index is 11.9. The highest BCUT2D eigenvalue weighted by Crippen LogP contribution is 2.39. The molecule has 2 aliphatic rings. The number of rotatable bonds is 1. The van der Waals surface area contributed by atoms with Crippen molar-refractivity contribution >= 4 is 22.5 Å². The summed E-state index contributed by atoms with van der Waals surface area (Å²) in [5.41, 5.74) is 2.79. The maximum absolute atomic E-state index is 11.9. The van der Waals surface area contributed by atoms with Gasteiger partial charge in [-0.1, -0.05) is 0 Å². The summed E-state index contributed by atoms with van der Waals surface area (Å²) >= 11 is 0. The molecule has 3 heterocycles. The number of anilines is 1. The van der Waals surface area contributed by atoms with Crippen molar-refractivity contribution in [2.24, 2.45) is 0 Å². The highest BCUT2D eigenvalue weighted by molar-refractivity contribution is 5.96. The van der Waals surface area contributed by atoms with E-state index in [0.29, 0.717) is 6.54 Å². The summed E-state index contributed by atoms with van der Waals surface area (Å²) in [6, 6.07) is 6.01. The number of piperazine rings is 1. The van der Waals surface area contributed by atoms with Gasteiger partial charge in [0.15, 0.2) is 11.5 Å². The van der Waals surface area contributed by atoms with E-state index in [0.717, 1.165) is 40.3 Å². The van der Waals surface area contributed by atoms with Crippen LogP contribution in [0, 0.1) is 6.92 Å². The number of carbonyl (C=O) groups is 1. The van der Waals surface area contributed by atoms with Gasteiger partial charge in [0.2, 0.25) is 12.7 Å². The molecule has 1 N–H and O–H groups in total. The lowest BCUT2D eigenvalue weighted by Crippen LogP contribution is -2.53. The monoisotopic (exact) mass is 299 g/mol. The third-order valence-electron chi connectivity index (χ3n) is 3.99. The van der Waals surface area contributed by atoms with Gasteiger partial charge < -0.3 is 19.7 Å². The lowest BCUT2D eigenvalue weighted by molar-refractivity contribution is -0.121. The molecule has 114 valence electrons. The number of nitrogens with zero attached hydrogens (tertiary/aromatic N) is 2.